The monoisotopic (exact) mass is 629 g/mol. The van der Waals surface area contributed by atoms with E-state index >= 15 is 0 Å². The standard InChI is InChI=1S/C28H30ClF2N9O4/c1-36-9-11-37(12-10-36)23(41)16-38-8-5-21(27(38)43)40-15-20(34-26(42)19-14-33-39-7-2-6-32-25(19)39)24(35-40)18-13-17(29)3-4-22(18)44-28(30)31/h2-4,6-7,13-15,21,26,28,34,42H,5,8-12,16H2,1H3/t21-,26?/m1/s1. The number of ether oxygens (including phenoxy) is 1. The molecule has 44 heavy (non-hydrogen) atoms. The van der Waals surface area contributed by atoms with Crippen molar-refractivity contribution in [1.82, 2.24) is 39.1 Å². The lowest BCUT2D eigenvalue weighted by molar-refractivity contribution is -0.140. The van der Waals surface area contributed by atoms with Gasteiger partial charge in [0.15, 0.2) is 11.9 Å². The second-order valence-electron chi connectivity index (χ2n) is 10.7. The molecular weight excluding hydrogens is 600 g/mol. The highest BCUT2D eigenvalue weighted by atomic mass is 35.5. The molecule has 232 valence electrons. The number of fused-ring (bicyclic) bond motifs is 1. The normalized spacial score (nSPS) is 18.4. The average Bonchev–Trinajstić information content (AvgIpc) is 3.71. The van der Waals surface area contributed by atoms with Gasteiger partial charge in [0.25, 0.3) is 0 Å². The molecule has 2 atom stereocenters. The summed E-state index contributed by atoms with van der Waals surface area (Å²) in [4.78, 5) is 36.1. The Morgan fingerprint density at radius 2 is 2.02 bits per heavy atom. The number of aromatic nitrogens is 5. The van der Waals surface area contributed by atoms with E-state index in [1.165, 1.54) is 44.7 Å². The molecule has 16 heteroatoms. The quantitative estimate of drug-likeness (QED) is 0.268. The number of halogens is 3. The summed E-state index contributed by atoms with van der Waals surface area (Å²) in [5, 5.41) is 23.2. The molecule has 2 aliphatic rings. The number of likely N-dealkylation sites (N-methyl/N-ethyl adjacent to an activating group) is 1. The summed E-state index contributed by atoms with van der Waals surface area (Å²) in [6, 6.07) is 5.04. The van der Waals surface area contributed by atoms with Gasteiger partial charge in [0, 0.05) is 61.9 Å². The Kier molecular flexibility index (Phi) is 8.33. The molecule has 5 heterocycles. The van der Waals surface area contributed by atoms with E-state index in [-0.39, 0.29) is 46.1 Å². The lowest BCUT2D eigenvalue weighted by Crippen LogP contribution is -2.50. The van der Waals surface area contributed by atoms with Gasteiger partial charge in [-0.1, -0.05) is 11.6 Å². The zero-order valence-corrected chi connectivity index (χ0v) is 24.4. The molecule has 2 fully saturated rings. The molecule has 0 aliphatic carbocycles. The predicted octanol–water partition coefficient (Wildman–Crippen LogP) is 2.50. The highest BCUT2D eigenvalue weighted by molar-refractivity contribution is 6.31. The van der Waals surface area contributed by atoms with E-state index in [4.69, 9.17) is 16.3 Å². The summed E-state index contributed by atoms with van der Waals surface area (Å²) in [7, 11) is 2.00. The first-order valence-corrected chi connectivity index (χ1v) is 14.4. The number of rotatable bonds is 9. The largest absolute Gasteiger partial charge is 0.434 e. The van der Waals surface area contributed by atoms with Gasteiger partial charge in [0.2, 0.25) is 11.8 Å². The first kappa shape index (κ1) is 29.7. The maximum atomic E-state index is 13.5. The van der Waals surface area contributed by atoms with Gasteiger partial charge in [-0.15, -0.1) is 0 Å². The van der Waals surface area contributed by atoms with Gasteiger partial charge < -0.3 is 29.9 Å². The number of aliphatic hydroxyl groups is 1. The highest BCUT2D eigenvalue weighted by Gasteiger charge is 2.36. The van der Waals surface area contributed by atoms with Crippen molar-refractivity contribution in [1.29, 1.82) is 0 Å². The van der Waals surface area contributed by atoms with Crippen LogP contribution in [0.1, 0.15) is 24.3 Å². The van der Waals surface area contributed by atoms with Gasteiger partial charge in [0.1, 0.15) is 17.5 Å². The summed E-state index contributed by atoms with van der Waals surface area (Å²) in [5.41, 5.74) is 1.21. The van der Waals surface area contributed by atoms with E-state index in [9.17, 15) is 23.5 Å². The molecule has 2 amide bonds. The van der Waals surface area contributed by atoms with Gasteiger partial charge in [0.05, 0.1) is 24.0 Å². The fourth-order valence-corrected chi connectivity index (χ4v) is 5.62. The molecular formula is C28H30ClF2N9O4. The molecule has 2 N–H and O–H groups in total. The number of amides is 2. The third-order valence-electron chi connectivity index (χ3n) is 7.81. The van der Waals surface area contributed by atoms with E-state index in [1.54, 1.807) is 23.4 Å². The minimum absolute atomic E-state index is 0.0423. The molecule has 0 radical (unpaired) electrons. The molecule has 3 aromatic heterocycles. The van der Waals surface area contributed by atoms with Crippen LogP contribution in [0.5, 0.6) is 5.75 Å². The van der Waals surface area contributed by atoms with Crippen molar-refractivity contribution < 1.29 is 28.2 Å². The van der Waals surface area contributed by atoms with Crippen molar-refractivity contribution in [3.8, 4) is 17.0 Å². The maximum absolute atomic E-state index is 13.5. The van der Waals surface area contributed by atoms with Crippen molar-refractivity contribution in [2.45, 2.75) is 25.3 Å². The summed E-state index contributed by atoms with van der Waals surface area (Å²) < 4.78 is 34.3. The van der Waals surface area contributed by atoms with Gasteiger partial charge in [-0.25, -0.2) is 9.50 Å². The first-order chi connectivity index (χ1) is 21.2. The molecule has 1 unspecified atom stereocenters. The molecule has 0 spiro atoms. The van der Waals surface area contributed by atoms with Crippen LogP contribution in [0, 0.1) is 0 Å². The van der Waals surface area contributed by atoms with Crippen LogP contribution in [0.2, 0.25) is 5.02 Å². The van der Waals surface area contributed by atoms with Crippen molar-refractivity contribution >= 4 is 34.7 Å². The van der Waals surface area contributed by atoms with Crippen molar-refractivity contribution in [2.75, 3.05) is 51.6 Å². The lowest BCUT2D eigenvalue weighted by atomic mass is 10.1. The van der Waals surface area contributed by atoms with Crippen LogP contribution in [0.15, 0.2) is 49.1 Å². The number of hydrogen-bond acceptors (Lipinski definition) is 9. The van der Waals surface area contributed by atoms with E-state index in [2.05, 4.69) is 25.4 Å². The number of aliphatic hydroxyl groups excluding tert-OH is 1. The third kappa shape index (κ3) is 6.02. The van der Waals surface area contributed by atoms with Crippen LogP contribution < -0.4 is 10.1 Å². The second-order valence-corrected chi connectivity index (χ2v) is 11.1. The van der Waals surface area contributed by atoms with Gasteiger partial charge in [-0.3, -0.25) is 14.3 Å². The van der Waals surface area contributed by atoms with Crippen molar-refractivity contribution in [3.63, 3.8) is 0 Å². The molecule has 0 bridgehead atoms. The minimum Gasteiger partial charge on any atom is -0.434 e. The van der Waals surface area contributed by atoms with E-state index < -0.39 is 18.9 Å². The summed E-state index contributed by atoms with van der Waals surface area (Å²) in [6.45, 7) is -0.0740. The SMILES string of the molecule is CN1CCN(C(=O)CN2CC[C@@H](n3cc(NC(O)c4cnn5cccnc45)c(-c4cc(Cl)ccc4OC(F)F)n3)C2=O)CC1. The van der Waals surface area contributed by atoms with Crippen molar-refractivity contribution in [2.24, 2.45) is 0 Å². The molecule has 2 aliphatic heterocycles. The first-order valence-electron chi connectivity index (χ1n) is 14.0. The Balaban J connectivity index is 1.30. The second kappa shape index (κ2) is 12.3. The van der Waals surface area contributed by atoms with E-state index in [0.717, 1.165) is 13.1 Å². The Hall–Kier alpha value is -4.34. The Morgan fingerprint density at radius 3 is 2.80 bits per heavy atom. The third-order valence-corrected chi connectivity index (χ3v) is 8.04. The Morgan fingerprint density at radius 1 is 1.23 bits per heavy atom. The van der Waals surface area contributed by atoms with Crippen LogP contribution in [0.3, 0.4) is 0 Å². The number of nitrogens with one attached hydrogen (secondary N) is 1. The summed E-state index contributed by atoms with van der Waals surface area (Å²) >= 11 is 6.24. The topological polar surface area (TPSA) is 133 Å². The number of anilines is 1. The van der Waals surface area contributed by atoms with Gasteiger partial charge in [-0.2, -0.15) is 19.0 Å². The number of alkyl halides is 2. The molecule has 1 aromatic carbocycles. The zero-order chi connectivity index (χ0) is 31.0. The van der Waals surface area contributed by atoms with Gasteiger partial charge in [-0.05, 0) is 37.7 Å². The fraction of sp³-hybridized carbons (Fsp3) is 0.393. The molecule has 6 rings (SSSR count). The minimum atomic E-state index is -3.12. The number of likely N-dealkylation sites (tertiary alicyclic amines) is 1. The summed E-state index contributed by atoms with van der Waals surface area (Å²) in [6.07, 6.45) is 5.22. The number of nitrogens with zero attached hydrogens (tertiary/aromatic N) is 8. The van der Waals surface area contributed by atoms with Crippen LogP contribution in [-0.2, 0) is 9.59 Å². The predicted molar refractivity (Wildman–Crippen MR) is 155 cm³/mol. The Bertz CT molecular complexity index is 1670. The highest BCUT2D eigenvalue weighted by Crippen LogP contribution is 2.39. The van der Waals surface area contributed by atoms with Gasteiger partial charge >= 0.3 is 6.61 Å². The smallest absolute Gasteiger partial charge is 0.387 e. The van der Waals surface area contributed by atoms with Crippen LogP contribution in [0.25, 0.3) is 16.9 Å². The van der Waals surface area contributed by atoms with E-state index in [1.807, 2.05) is 7.05 Å². The molecule has 13 nitrogen and oxygen atoms in total. The van der Waals surface area contributed by atoms with Crippen LogP contribution >= 0.6 is 11.6 Å². The van der Waals surface area contributed by atoms with Crippen LogP contribution in [0.4, 0.5) is 14.5 Å². The number of piperazine rings is 1. The average molecular weight is 630 g/mol. The molecule has 4 aromatic rings. The van der Waals surface area contributed by atoms with Crippen LogP contribution in [-0.4, -0.2) is 109 Å². The number of hydrogen-bond donors (Lipinski definition) is 2. The maximum Gasteiger partial charge on any atom is 0.387 e. The number of carbonyl (C=O) groups is 2. The zero-order valence-electron chi connectivity index (χ0n) is 23.7. The molecule has 0 saturated carbocycles. The fourth-order valence-electron chi connectivity index (χ4n) is 5.45. The number of benzene rings is 1. The van der Waals surface area contributed by atoms with Crippen molar-refractivity contribution in [3.05, 3.63) is 59.6 Å². The lowest BCUT2D eigenvalue weighted by Gasteiger charge is -2.33. The Labute approximate surface area is 255 Å². The summed E-state index contributed by atoms with van der Waals surface area (Å²) in [5.74, 6) is -0.606. The number of carbonyl (C=O) groups excluding carboxylic acids is 2. The molecule has 2 saturated heterocycles. The van der Waals surface area contributed by atoms with E-state index in [0.29, 0.717) is 37.3 Å².